The van der Waals surface area contributed by atoms with E-state index in [-0.39, 0.29) is 11.3 Å². The van der Waals surface area contributed by atoms with Crippen LogP contribution in [0, 0.1) is 5.92 Å². The Labute approximate surface area is 151 Å². The molecular weight excluding hydrogens is 310 g/mol. The predicted molar refractivity (Wildman–Crippen MR) is 101 cm³/mol. The summed E-state index contributed by atoms with van der Waals surface area (Å²) >= 11 is 0. The van der Waals surface area contributed by atoms with Crippen LogP contribution in [0.3, 0.4) is 0 Å². The molecule has 0 amide bonds. The Kier molecular flexibility index (Phi) is 5.03. The van der Waals surface area contributed by atoms with Gasteiger partial charge in [-0.15, -0.1) is 0 Å². The highest BCUT2D eigenvalue weighted by molar-refractivity contribution is 5.18. The van der Waals surface area contributed by atoms with Gasteiger partial charge in [0.15, 0.2) is 0 Å². The van der Waals surface area contributed by atoms with E-state index in [4.69, 9.17) is 0 Å². The molecule has 1 aromatic carbocycles. The molecule has 0 aliphatic carbocycles. The molecule has 4 nitrogen and oxygen atoms in total. The summed E-state index contributed by atoms with van der Waals surface area (Å²) in [4.78, 5) is 2.44. The van der Waals surface area contributed by atoms with Crippen LogP contribution in [0.25, 0.3) is 0 Å². The molecular formula is C21H31N3O. The molecule has 1 aromatic heterocycles. The zero-order valence-corrected chi connectivity index (χ0v) is 15.9. The van der Waals surface area contributed by atoms with Crippen LogP contribution in [0.1, 0.15) is 51.1 Å². The minimum absolute atomic E-state index is 0.0656. The number of H-pyrrole nitrogens is 1. The summed E-state index contributed by atoms with van der Waals surface area (Å²) in [7, 11) is 0. The van der Waals surface area contributed by atoms with Gasteiger partial charge in [0.1, 0.15) is 0 Å². The van der Waals surface area contributed by atoms with E-state index in [2.05, 4.69) is 66.2 Å². The highest BCUT2D eigenvalue weighted by Crippen LogP contribution is 2.31. The van der Waals surface area contributed by atoms with E-state index in [9.17, 15) is 5.11 Å². The second-order valence-electron chi connectivity index (χ2n) is 8.76. The van der Waals surface area contributed by atoms with Crippen molar-refractivity contribution >= 4 is 0 Å². The van der Waals surface area contributed by atoms with Crippen LogP contribution < -0.4 is 0 Å². The first-order chi connectivity index (χ1) is 11.7. The molecule has 2 aromatic rings. The normalized spacial score (nSPS) is 25.2. The molecule has 1 aliphatic rings. The molecule has 1 fully saturated rings. The maximum Gasteiger partial charge on any atom is 0.0678 e. The van der Waals surface area contributed by atoms with Crippen molar-refractivity contribution in [2.75, 3.05) is 13.1 Å². The van der Waals surface area contributed by atoms with Crippen molar-refractivity contribution in [2.45, 2.75) is 58.1 Å². The zero-order chi connectivity index (χ0) is 18.1. The van der Waals surface area contributed by atoms with Gasteiger partial charge in [-0.1, -0.05) is 51.1 Å². The van der Waals surface area contributed by atoms with Crippen molar-refractivity contribution in [3.63, 3.8) is 0 Å². The number of benzene rings is 1. The molecule has 1 aliphatic heterocycles. The lowest BCUT2D eigenvalue weighted by Crippen LogP contribution is -2.50. The fourth-order valence-corrected chi connectivity index (χ4v) is 3.58. The number of nitrogens with one attached hydrogen (secondary N) is 1. The van der Waals surface area contributed by atoms with Crippen molar-refractivity contribution < 1.29 is 5.11 Å². The fourth-order valence-electron chi connectivity index (χ4n) is 3.58. The lowest BCUT2D eigenvalue weighted by Gasteiger charge is -2.42. The monoisotopic (exact) mass is 341 g/mol. The first-order valence-electron chi connectivity index (χ1n) is 9.27. The van der Waals surface area contributed by atoms with Gasteiger partial charge >= 0.3 is 0 Å². The molecule has 0 unspecified atom stereocenters. The topological polar surface area (TPSA) is 52.1 Å². The second kappa shape index (κ2) is 6.93. The first-order valence-corrected chi connectivity index (χ1v) is 9.27. The third kappa shape index (κ3) is 4.50. The van der Waals surface area contributed by atoms with Gasteiger partial charge in [-0.25, -0.2) is 0 Å². The molecule has 2 N–H and O–H groups in total. The number of hydrogen-bond acceptors (Lipinski definition) is 3. The third-order valence-electron chi connectivity index (χ3n) is 5.41. The number of aromatic nitrogens is 2. The molecule has 2 heterocycles. The molecule has 0 spiro atoms. The van der Waals surface area contributed by atoms with Gasteiger partial charge in [-0.05, 0) is 31.4 Å². The molecule has 3 rings (SSSR count). The SMILES string of the molecule is CC(C)(C)c1cc(CN2CC[C@@](C)(O)[C@@H](Cc3ccccc3)C2)[nH]n1. The summed E-state index contributed by atoms with van der Waals surface area (Å²) in [6.07, 6.45) is 1.73. The highest BCUT2D eigenvalue weighted by Gasteiger charge is 2.37. The summed E-state index contributed by atoms with van der Waals surface area (Å²) in [5, 5.41) is 18.5. The van der Waals surface area contributed by atoms with Crippen LogP contribution in [-0.2, 0) is 18.4 Å². The van der Waals surface area contributed by atoms with E-state index in [0.717, 1.165) is 43.9 Å². The number of likely N-dealkylation sites (tertiary alicyclic amines) is 1. The minimum atomic E-state index is -0.600. The van der Waals surface area contributed by atoms with Crippen molar-refractivity contribution in [3.05, 3.63) is 53.3 Å². The van der Waals surface area contributed by atoms with Crippen LogP contribution in [0.15, 0.2) is 36.4 Å². The lowest BCUT2D eigenvalue weighted by molar-refractivity contribution is -0.0596. The van der Waals surface area contributed by atoms with Crippen LogP contribution >= 0.6 is 0 Å². The molecule has 2 atom stereocenters. The largest absolute Gasteiger partial charge is 0.390 e. The Morgan fingerprint density at radius 3 is 2.64 bits per heavy atom. The smallest absolute Gasteiger partial charge is 0.0678 e. The summed E-state index contributed by atoms with van der Waals surface area (Å²) in [5.74, 6) is 0.244. The van der Waals surface area contributed by atoms with Gasteiger partial charge in [0.25, 0.3) is 0 Å². The molecule has 25 heavy (non-hydrogen) atoms. The molecule has 0 saturated carbocycles. The van der Waals surface area contributed by atoms with Gasteiger partial charge in [-0.2, -0.15) is 5.10 Å². The second-order valence-corrected chi connectivity index (χ2v) is 8.76. The molecule has 1 saturated heterocycles. The fraction of sp³-hybridized carbons (Fsp3) is 0.571. The van der Waals surface area contributed by atoms with E-state index >= 15 is 0 Å². The number of rotatable bonds is 4. The quantitative estimate of drug-likeness (QED) is 0.894. The van der Waals surface area contributed by atoms with E-state index in [1.807, 2.05) is 13.0 Å². The average molecular weight is 341 g/mol. The average Bonchev–Trinajstić information content (AvgIpc) is 3.01. The summed E-state index contributed by atoms with van der Waals surface area (Å²) in [6.45, 7) is 11.2. The molecule has 4 heteroatoms. The minimum Gasteiger partial charge on any atom is -0.390 e. The number of aromatic amines is 1. The highest BCUT2D eigenvalue weighted by atomic mass is 16.3. The Hall–Kier alpha value is -1.65. The van der Waals surface area contributed by atoms with Crippen molar-refractivity contribution in [3.8, 4) is 0 Å². The van der Waals surface area contributed by atoms with E-state index in [0.29, 0.717) is 0 Å². The van der Waals surface area contributed by atoms with Crippen molar-refractivity contribution in [1.29, 1.82) is 0 Å². The maximum atomic E-state index is 10.8. The van der Waals surface area contributed by atoms with Crippen LogP contribution in [0.2, 0.25) is 0 Å². The van der Waals surface area contributed by atoms with Gasteiger partial charge in [-0.3, -0.25) is 10.00 Å². The van der Waals surface area contributed by atoms with Gasteiger partial charge in [0, 0.05) is 36.7 Å². The van der Waals surface area contributed by atoms with Crippen LogP contribution in [-0.4, -0.2) is 38.9 Å². The Morgan fingerprint density at radius 2 is 2.00 bits per heavy atom. The van der Waals surface area contributed by atoms with Crippen molar-refractivity contribution in [2.24, 2.45) is 5.92 Å². The van der Waals surface area contributed by atoms with Crippen LogP contribution in [0.5, 0.6) is 0 Å². The number of piperidine rings is 1. The number of nitrogens with zero attached hydrogens (tertiary/aromatic N) is 2. The summed E-state index contributed by atoms with van der Waals surface area (Å²) in [6, 6.07) is 12.7. The number of hydrogen-bond donors (Lipinski definition) is 2. The lowest BCUT2D eigenvalue weighted by atomic mass is 9.79. The van der Waals surface area contributed by atoms with E-state index in [1.165, 1.54) is 5.56 Å². The molecule has 0 radical (unpaired) electrons. The van der Waals surface area contributed by atoms with E-state index in [1.54, 1.807) is 0 Å². The van der Waals surface area contributed by atoms with Gasteiger partial charge in [0.05, 0.1) is 11.3 Å². The number of aliphatic hydroxyl groups is 1. The van der Waals surface area contributed by atoms with Gasteiger partial charge in [0.2, 0.25) is 0 Å². The Morgan fingerprint density at radius 1 is 1.28 bits per heavy atom. The molecule has 0 bridgehead atoms. The Bertz CT molecular complexity index is 685. The van der Waals surface area contributed by atoms with E-state index < -0.39 is 5.60 Å². The maximum absolute atomic E-state index is 10.8. The molecule has 136 valence electrons. The third-order valence-corrected chi connectivity index (χ3v) is 5.41. The summed E-state index contributed by atoms with van der Waals surface area (Å²) < 4.78 is 0. The Balaban J connectivity index is 1.66. The van der Waals surface area contributed by atoms with Crippen molar-refractivity contribution in [1.82, 2.24) is 15.1 Å². The standard InChI is InChI=1S/C21H31N3O/c1-20(2,3)19-13-18(22-23-19)15-24-11-10-21(4,25)17(14-24)12-16-8-6-5-7-9-16/h5-9,13,17,25H,10-12,14-15H2,1-4H3,(H,22,23)/t17-,21+/m0/s1. The zero-order valence-electron chi connectivity index (χ0n) is 15.9. The van der Waals surface area contributed by atoms with Crippen LogP contribution in [0.4, 0.5) is 0 Å². The van der Waals surface area contributed by atoms with Gasteiger partial charge < -0.3 is 5.11 Å². The predicted octanol–water partition coefficient (Wildman–Crippen LogP) is 3.52. The first kappa shape index (κ1) is 18.2. The summed E-state index contributed by atoms with van der Waals surface area (Å²) in [5.41, 5.74) is 3.02.